The SMILES string of the molecule is CC1(C(=O)O)C=CC(CCO)(C(=O)O)C=C1. The molecule has 0 heterocycles. The van der Waals surface area contributed by atoms with Gasteiger partial charge in [-0.1, -0.05) is 24.3 Å². The fourth-order valence-corrected chi connectivity index (χ4v) is 1.50. The van der Waals surface area contributed by atoms with Crippen LogP contribution in [0.3, 0.4) is 0 Å². The van der Waals surface area contributed by atoms with Crippen LogP contribution in [-0.2, 0) is 9.59 Å². The first-order valence-corrected chi connectivity index (χ1v) is 4.85. The maximum Gasteiger partial charge on any atom is 0.317 e. The second-order valence-corrected chi connectivity index (χ2v) is 4.07. The first-order chi connectivity index (χ1) is 7.36. The summed E-state index contributed by atoms with van der Waals surface area (Å²) in [6.07, 6.45) is 5.39. The van der Waals surface area contributed by atoms with E-state index in [1.807, 2.05) is 0 Å². The van der Waals surface area contributed by atoms with Crippen molar-refractivity contribution in [2.24, 2.45) is 10.8 Å². The van der Waals surface area contributed by atoms with Gasteiger partial charge in [0.25, 0.3) is 0 Å². The first-order valence-electron chi connectivity index (χ1n) is 4.85. The molecule has 5 nitrogen and oxygen atoms in total. The van der Waals surface area contributed by atoms with Crippen molar-refractivity contribution in [2.45, 2.75) is 13.3 Å². The zero-order valence-electron chi connectivity index (χ0n) is 8.88. The lowest BCUT2D eigenvalue weighted by molar-refractivity contribution is -0.146. The number of aliphatic hydroxyl groups is 1. The average Bonchev–Trinajstić information content (AvgIpc) is 2.21. The third-order valence-electron chi connectivity index (χ3n) is 2.84. The summed E-state index contributed by atoms with van der Waals surface area (Å²) < 4.78 is 0. The summed E-state index contributed by atoms with van der Waals surface area (Å²) in [6.45, 7) is 1.21. The highest BCUT2D eigenvalue weighted by atomic mass is 16.4. The molecule has 0 saturated heterocycles. The van der Waals surface area contributed by atoms with Crippen LogP contribution in [0.15, 0.2) is 24.3 Å². The van der Waals surface area contributed by atoms with Gasteiger partial charge in [0.05, 0.1) is 0 Å². The second kappa shape index (κ2) is 4.09. The van der Waals surface area contributed by atoms with Crippen LogP contribution in [0.5, 0.6) is 0 Å². The van der Waals surface area contributed by atoms with Gasteiger partial charge in [-0.15, -0.1) is 0 Å². The Bertz CT molecular complexity index is 353. The minimum Gasteiger partial charge on any atom is -0.480 e. The van der Waals surface area contributed by atoms with Crippen molar-refractivity contribution in [3.63, 3.8) is 0 Å². The maximum absolute atomic E-state index is 11.1. The molecule has 0 spiro atoms. The molecule has 0 radical (unpaired) electrons. The number of hydrogen-bond acceptors (Lipinski definition) is 3. The normalized spacial score (nSPS) is 32.6. The van der Waals surface area contributed by atoms with E-state index in [0.717, 1.165) is 0 Å². The number of aliphatic carboxylic acids is 2. The van der Waals surface area contributed by atoms with E-state index in [1.54, 1.807) is 0 Å². The van der Waals surface area contributed by atoms with Gasteiger partial charge in [0, 0.05) is 6.61 Å². The number of rotatable bonds is 4. The lowest BCUT2D eigenvalue weighted by Crippen LogP contribution is -2.34. The second-order valence-electron chi connectivity index (χ2n) is 4.07. The number of hydrogen-bond donors (Lipinski definition) is 3. The highest BCUT2D eigenvalue weighted by Gasteiger charge is 2.39. The Morgan fingerprint density at radius 2 is 1.56 bits per heavy atom. The smallest absolute Gasteiger partial charge is 0.317 e. The van der Waals surface area contributed by atoms with Crippen molar-refractivity contribution in [1.29, 1.82) is 0 Å². The Kier molecular flexibility index (Phi) is 3.19. The Balaban J connectivity index is 3.04. The van der Waals surface area contributed by atoms with E-state index in [4.69, 9.17) is 15.3 Å². The van der Waals surface area contributed by atoms with E-state index in [2.05, 4.69) is 0 Å². The van der Waals surface area contributed by atoms with E-state index >= 15 is 0 Å². The molecule has 0 amide bonds. The standard InChI is InChI=1S/C11H14O5/c1-10(8(13)14)2-4-11(5-3-10,6-7-12)9(15)16/h2-5,12H,6-7H2,1H3,(H,13,14)(H,15,16). The van der Waals surface area contributed by atoms with Crippen molar-refractivity contribution in [1.82, 2.24) is 0 Å². The van der Waals surface area contributed by atoms with Gasteiger partial charge in [-0.25, -0.2) is 0 Å². The largest absolute Gasteiger partial charge is 0.480 e. The van der Waals surface area contributed by atoms with E-state index in [-0.39, 0.29) is 13.0 Å². The molecule has 0 atom stereocenters. The van der Waals surface area contributed by atoms with Crippen molar-refractivity contribution in [2.75, 3.05) is 6.61 Å². The lowest BCUT2D eigenvalue weighted by Gasteiger charge is -2.29. The molecule has 0 bridgehead atoms. The summed E-state index contributed by atoms with van der Waals surface area (Å²) in [5.74, 6) is -2.13. The van der Waals surface area contributed by atoms with Crippen LogP contribution in [-0.4, -0.2) is 33.9 Å². The van der Waals surface area contributed by atoms with E-state index in [1.165, 1.54) is 31.2 Å². The molecule has 0 aromatic rings. The molecule has 0 aliphatic heterocycles. The summed E-state index contributed by atoms with van der Waals surface area (Å²) in [6, 6.07) is 0. The molecule has 3 N–H and O–H groups in total. The van der Waals surface area contributed by atoms with Crippen molar-refractivity contribution >= 4 is 11.9 Å². The fourth-order valence-electron chi connectivity index (χ4n) is 1.50. The third-order valence-corrected chi connectivity index (χ3v) is 2.84. The molecule has 0 unspecified atom stereocenters. The van der Waals surface area contributed by atoms with Gasteiger partial charge in [-0.05, 0) is 13.3 Å². The van der Waals surface area contributed by atoms with Crippen LogP contribution in [0.4, 0.5) is 0 Å². The van der Waals surface area contributed by atoms with Crippen LogP contribution in [0.1, 0.15) is 13.3 Å². The molecule has 0 aromatic carbocycles. The molecule has 16 heavy (non-hydrogen) atoms. The molecular weight excluding hydrogens is 212 g/mol. The zero-order valence-corrected chi connectivity index (χ0v) is 8.88. The molecule has 1 rings (SSSR count). The Labute approximate surface area is 92.7 Å². The molecule has 88 valence electrons. The van der Waals surface area contributed by atoms with Gasteiger partial charge >= 0.3 is 11.9 Å². The minimum atomic E-state index is -1.29. The molecule has 5 heteroatoms. The van der Waals surface area contributed by atoms with Gasteiger partial charge in [-0.2, -0.15) is 0 Å². The number of carboxylic acid groups (broad SMARTS) is 2. The van der Waals surface area contributed by atoms with Crippen LogP contribution in [0, 0.1) is 10.8 Å². The summed E-state index contributed by atoms with van der Waals surface area (Å²) in [5.41, 5.74) is -2.46. The fraction of sp³-hybridized carbons (Fsp3) is 0.455. The Morgan fingerprint density at radius 1 is 1.06 bits per heavy atom. The van der Waals surface area contributed by atoms with Gasteiger partial charge in [0.2, 0.25) is 0 Å². The molecule has 1 aliphatic rings. The predicted octanol–water partition coefficient (Wildman–Crippen LogP) is 0.657. The van der Waals surface area contributed by atoms with E-state index in [9.17, 15) is 9.59 Å². The lowest BCUT2D eigenvalue weighted by atomic mass is 9.74. The molecular formula is C11H14O5. The molecule has 0 fully saturated rings. The van der Waals surface area contributed by atoms with Crippen LogP contribution in [0.2, 0.25) is 0 Å². The summed E-state index contributed by atoms with van der Waals surface area (Å²) >= 11 is 0. The van der Waals surface area contributed by atoms with Crippen molar-refractivity contribution in [3.05, 3.63) is 24.3 Å². The summed E-state index contributed by atoms with van der Waals surface area (Å²) in [4.78, 5) is 22.0. The Morgan fingerprint density at radius 3 is 1.88 bits per heavy atom. The Hall–Kier alpha value is -1.62. The molecule has 0 aromatic heterocycles. The predicted molar refractivity (Wildman–Crippen MR) is 55.8 cm³/mol. The highest BCUT2D eigenvalue weighted by molar-refractivity contribution is 5.84. The topological polar surface area (TPSA) is 94.8 Å². The maximum atomic E-state index is 11.1. The zero-order chi connectivity index (χ0) is 12.4. The monoisotopic (exact) mass is 226 g/mol. The number of aliphatic hydroxyl groups excluding tert-OH is 1. The molecule has 0 saturated carbocycles. The van der Waals surface area contributed by atoms with E-state index < -0.39 is 22.8 Å². The highest BCUT2D eigenvalue weighted by Crippen LogP contribution is 2.36. The third kappa shape index (κ3) is 1.99. The van der Waals surface area contributed by atoms with Crippen LogP contribution in [0.25, 0.3) is 0 Å². The first kappa shape index (κ1) is 12.4. The van der Waals surface area contributed by atoms with E-state index in [0.29, 0.717) is 0 Å². The molecule has 1 aliphatic carbocycles. The van der Waals surface area contributed by atoms with Gasteiger partial charge < -0.3 is 15.3 Å². The van der Waals surface area contributed by atoms with Crippen LogP contribution >= 0.6 is 0 Å². The van der Waals surface area contributed by atoms with Crippen LogP contribution < -0.4 is 0 Å². The van der Waals surface area contributed by atoms with Gasteiger partial charge in [0.1, 0.15) is 10.8 Å². The number of carboxylic acids is 2. The quantitative estimate of drug-likeness (QED) is 0.612. The average molecular weight is 226 g/mol. The summed E-state index contributed by atoms with van der Waals surface area (Å²) in [7, 11) is 0. The number of carbonyl (C=O) groups is 2. The van der Waals surface area contributed by atoms with Crippen molar-refractivity contribution in [3.8, 4) is 0 Å². The van der Waals surface area contributed by atoms with Crippen molar-refractivity contribution < 1.29 is 24.9 Å². The summed E-state index contributed by atoms with van der Waals surface area (Å²) in [5, 5.41) is 26.8. The minimum absolute atomic E-state index is 0.0328. The van der Waals surface area contributed by atoms with Gasteiger partial charge in [0.15, 0.2) is 0 Å². The van der Waals surface area contributed by atoms with Gasteiger partial charge in [-0.3, -0.25) is 9.59 Å².